The molecule has 1 amide bonds. The number of rotatable bonds is 2. The third-order valence-electron chi connectivity index (χ3n) is 4.09. The number of nitrogens with zero attached hydrogens (tertiary/aromatic N) is 2. The van der Waals surface area contributed by atoms with E-state index in [0.717, 1.165) is 17.0 Å². The molecule has 0 unspecified atom stereocenters. The summed E-state index contributed by atoms with van der Waals surface area (Å²) >= 11 is 13.4. The Kier molecular flexibility index (Phi) is 3.79. The minimum Gasteiger partial charge on any atom is -0.319 e. The molecule has 0 N–H and O–H groups in total. The molecular formula is C17H13ClN2OS2. The number of anilines is 1. The fourth-order valence-electron chi connectivity index (χ4n) is 2.99. The van der Waals surface area contributed by atoms with E-state index in [9.17, 15) is 4.79 Å². The van der Waals surface area contributed by atoms with Gasteiger partial charge in [0.2, 0.25) is 0 Å². The van der Waals surface area contributed by atoms with E-state index in [0.29, 0.717) is 10.1 Å². The summed E-state index contributed by atoms with van der Waals surface area (Å²) in [6.45, 7) is 0. The third-order valence-corrected chi connectivity index (χ3v) is 6.06. The molecule has 6 heteroatoms. The van der Waals surface area contributed by atoms with Crippen molar-refractivity contribution in [3.05, 3.63) is 65.2 Å². The van der Waals surface area contributed by atoms with Crippen LogP contribution in [0.5, 0.6) is 0 Å². The molecule has 0 radical (unpaired) electrons. The fraction of sp³-hybridized carbons (Fsp3) is 0.176. The number of amides is 1. The van der Waals surface area contributed by atoms with Gasteiger partial charge in [0.25, 0.3) is 5.91 Å². The van der Waals surface area contributed by atoms with E-state index in [2.05, 4.69) is 4.90 Å². The Morgan fingerprint density at radius 1 is 1.09 bits per heavy atom. The van der Waals surface area contributed by atoms with Crippen molar-refractivity contribution >= 4 is 52.3 Å². The molecular weight excluding hydrogens is 348 g/mol. The minimum atomic E-state index is -0.187. The van der Waals surface area contributed by atoms with Crippen molar-refractivity contribution in [2.24, 2.45) is 0 Å². The summed E-state index contributed by atoms with van der Waals surface area (Å²) in [5, 5.41) is 1.35. The van der Waals surface area contributed by atoms with Crippen LogP contribution in [0.1, 0.15) is 10.9 Å². The largest absolute Gasteiger partial charge is 0.319 e. The van der Waals surface area contributed by atoms with Gasteiger partial charge in [-0.25, -0.2) is 0 Å². The van der Waals surface area contributed by atoms with E-state index < -0.39 is 0 Å². The Labute approximate surface area is 149 Å². The number of carbonyl (C=O) groups is 1. The number of para-hydroxylation sites is 1. The molecule has 2 aliphatic rings. The van der Waals surface area contributed by atoms with Crippen molar-refractivity contribution in [2.45, 2.75) is 11.4 Å². The molecule has 0 spiro atoms. The second kappa shape index (κ2) is 5.82. The highest BCUT2D eigenvalue weighted by atomic mass is 35.5. The molecule has 3 nitrogen and oxygen atoms in total. The van der Waals surface area contributed by atoms with Gasteiger partial charge in [-0.2, -0.15) is 0 Å². The highest BCUT2D eigenvalue weighted by molar-refractivity contribution is 7.99. The van der Waals surface area contributed by atoms with Crippen LogP contribution in [-0.4, -0.2) is 27.7 Å². The van der Waals surface area contributed by atoms with Crippen molar-refractivity contribution < 1.29 is 4.79 Å². The zero-order valence-corrected chi connectivity index (χ0v) is 14.4. The number of thioether (sulfide) groups is 1. The lowest BCUT2D eigenvalue weighted by Crippen LogP contribution is -2.33. The molecule has 2 aliphatic heterocycles. The number of carbonyl (C=O) groups excluding carboxylic acids is 1. The van der Waals surface area contributed by atoms with E-state index in [-0.39, 0.29) is 17.3 Å². The van der Waals surface area contributed by atoms with Gasteiger partial charge >= 0.3 is 0 Å². The highest BCUT2D eigenvalue weighted by Crippen LogP contribution is 2.46. The zero-order chi connectivity index (χ0) is 16.0. The molecule has 2 heterocycles. The fourth-order valence-corrected chi connectivity index (χ4v) is 5.03. The maximum absolute atomic E-state index is 12.8. The normalized spacial score (nSPS) is 23.5. The first kappa shape index (κ1) is 15.0. The first-order chi connectivity index (χ1) is 11.2. The Bertz CT molecular complexity index is 766. The van der Waals surface area contributed by atoms with Gasteiger partial charge in [-0.3, -0.25) is 9.69 Å². The maximum Gasteiger partial charge on any atom is 0.257 e. The molecule has 0 bridgehead atoms. The summed E-state index contributed by atoms with van der Waals surface area (Å²) < 4.78 is 0. The lowest BCUT2D eigenvalue weighted by Gasteiger charge is -2.25. The Morgan fingerprint density at radius 2 is 1.78 bits per heavy atom. The predicted molar refractivity (Wildman–Crippen MR) is 98.8 cm³/mol. The molecule has 2 aromatic carbocycles. The van der Waals surface area contributed by atoms with Crippen LogP contribution in [-0.2, 0) is 4.79 Å². The lowest BCUT2D eigenvalue weighted by atomic mass is 10.2. The molecule has 116 valence electrons. The predicted octanol–water partition coefficient (Wildman–Crippen LogP) is 4.09. The summed E-state index contributed by atoms with van der Waals surface area (Å²) in [4.78, 5) is 16.5. The molecule has 2 aromatic rings. The summed E-state index contributed by atoms with van der Waals surface area (Å²) in [5.41, 5.74) is 1.95. The van der Waals surface area contributed by atoms with Crippen LogP contribution in [0.25, 0.3) is 0 Å². The van der Waals surface area contributed by atoms with Crippen molar-refractivity contribution in [1.29, 1.82) is 0 Å². The van der Waals surface area contributed by atoms with E-state index in [1.807, 2.05) is 54.6 Å². The Hall–Kier alpha value is -1.56. The van der Waals surface area contributed by atoms with E-state index >= 15 is 0 Å². The molecule has 23 heavy (non-hydrogen) atoms. The summed E-state index contributed by atoms with van der Waals surface area (Å²) in [6.07, 6.45) is 0. The van der Waals surface area contributed by atoms with Crippen molar-refractivity contribution in [2.75, 3.05) is 10.7 Å². The van der Waals surface area contributed by atoms with Crippen molar-refractivity contribution in [3.8, 4) is 0 Å². The van der Waals surface area contributed by atoms with E-state index in [4.69, 9.17) is 23.8 Å². The third kappa shape index (κ3) is 2.43. The average molecular weight is 361 g/mol. The van der Waals surface area contributed by atoms with Crippen molar-refractivity contribution in [3.63, 3.8) is 0 Å². The second-order valence-corrected chi connectivity index (χ2v) is 7.37. The molecule has 2 fully saturated rings. The van der Waals surface area contributed by atoms with Gasteiger partial charge in [-0.15, -0.1) is 11.8 Å². The van der Waals surface area contributed by atoms with Gasteiger partial charge in [0.05, 0.1) is 5.69 Å². The minimum absolute atomic E-state index is 0.0578. The number of hydrogen-bond acceptors (Lipinski definition) is 3. The van der Waals surface area contributed by atoms with Crippen LogP contribution in [0.2, 0.25) is 5.02 Å². The van der Waals surface area contributed by atoms with Crippen molar-refractivity contribution in [1.82, 2.24) is 4.90 Å². The van der Waals surface area contributed by atoms with Crippen LogP contribution in [0.4, 0.5) is 5.69 Å². The zero-order valence-electron chi connectivity index (χ0n) is 12.1. The second-order valence-electron chi connectivity index (χ2n) is 5.45. The van der Waals surface area contributed by atoms with Crippen LogP contribution in [0.3, 0.4) is 0 Å². The topological polar surface area (TPSA) is 23.6 Å². The molecule has 2 atom stereocenters. The molecule has 0 aromatic heterocycles. The van der Waals surface area contributed by atoms with Crippen LogP contribution < -0.4 is 4.90 Å². The Balaban J connectivity index is 1.68. The SMILES string of the molecule is O=C1[C@H]2CS[C@H](c3ccc(Cl)cc3)N2C(=S)N1c1ccccc1. The number of thiocarbonyl (C=S) groups is 1. The molecule has 2 saturated heterocycles. The van der Waals surface area contributed by atoms with Gasteiger partial charge in [-0.1, -0.05) is 41.9 Å². The first-order valence-corrected chi connectivity index (χ1v) is 9.09. The smallest absolute Gasteiger partial charge is 0.257 e. The van der Waals surface area contributed by atoms with Gasteiger partial charge in [0, 0.05) is 10.8 Å². The van der Waals surface area contributed by atoms with Crippen LogP contribution in [0.15, 0.2) is 54.6 Å². The van der Waals surface area contributed by atoms with E-state index in [1.54, 1.807) is 16.7 Å². The molecule has 0 aliphatic carbocycles. The number of fused-ring (bicyclic) bond motifs is 1. The number of benzene rings is 2. The highest BCUT2D eigenvalue weighted by Gasteiger charge is 2.50. The van der Waals surface area contributed by atoms with Gasteiger partial charge in [-0.05, 0) is 42.0 Å². The Morgan fingerprint density at radius 3 is 2.48 bits per heavy atom. The summed E-state index contributed by atoms with van der Waals surface area (Å²) in [7, 11) is 0. The van der Waals surface area contributed by atoms with Gasteiger partial charge in [0.15, 0.2) is 5.11 Å². The number of hydrogen-bond donors (Lipinski definition) is 0. The average Bonchev–Trinajstić information content (AvgIpc) is 3.10. The van der Waals surface area contributed by atoms with E-state index in [1.165, 1.54) is 0 Å². The summed E-state index contributed by atoms with van der Waals surface area (Å²) in [6, 6.07) is 17.2. The molecule has 0 saturated carbocycles. The number of halogens is 1. The first-order valence-electron chi connectivity index (χ1n) is 7.25. The van der Waals surface area contributed by atoms with Gasteiger partial charge in [0.1, 0.15) is 11.4 Å². The maximum atomic E-state index is 12.8. The van der Waals surface area contributed by atoms with Crippen LogP contribution in [0, 0.1) is 0 Å². The summed E-state index contributed by atoms with van der Waals surface area (Å²) in [5.74, 6) is 0.806. The quantitative estimate of drug-likeness (QED) is 0.753. The van der Waals surface area contributed by atoms with Gasteiger partial charge < -0.3 is 4.90 Å². The molecule has 4 rings (SSSR count). The lowest BCUT2D eigenvalue weighted by molar-refractivity contribution is -0.119. The van der Waals surface area contributed by atoms with Crippen LogP contribution >= 0.6 is 35.6 Å². The monoisotopic (exact) mass is 360 g/mol. The standard InChI is InChI=1S/C17H13ClN2OS2/c18-12-8-6-11(7-9-12)16-20-14(10-23-16)15(21)19(17(20)22)13-4-2-1-3-5-13/h1-9,14,16H,10H2/t14-,16-/m1/s1.